The molecular weight excluding hydrogens is 282 g/mol. The van der Waals surface area contributed by atoms with Crippen molar-refractivity contribution in [2.45, 2.75) is 17.6 Å². The third kappa shape index (κ3) is 2.92. The lowest BCUT2D eigenvalue weighted by Gasteiger charge is -2.06. The molecule has 2 aromatic heterocycles. The van der Waals surface area contributed by atoms with Gasteiger partial charge in [-0.3, -0.25) is 4.72 Å². The lowest BCUT2D eigenvalue weighted by atomic mass is 10.3. The van der Waals surface area contributed by atoms with E-state index in [1.165, 1.54) is 23.6 Å². The molecule has 7 heteroatoms. The summed E-state index contributed by atoms with van der Waals surface area (Å²) in [6.07, 6.45) is 2.22. The van der Waals surface area contributed by atoms with E-state index in [2.05, 4.69) is 9.71 Å². The van der Waals surface area contributed by atoms with Crippen LogP contribution < -0.4 is 4.72 Å². The fourth-order valence-electron chi connectivity index (χ4n) is 1.45. The summed E-state index contributed by atoms with van der Waals surface area (Å²) < 4.78 is 26.9. The van der Waals surface area contributed by atoms with Gasteiger partial charge in [0.2, 0.25) is 0 Å². The second-order valence-corrected chi connectivity index (χ2v) is 6.77. The Morgan fingerprint density at radius 2 is 2.21 bits per heavy atom. The molecule has 0 saturated carbocycles. The summed E-state index contributed by atoms with van der Waals surface area (Å²) in [5.41, 5.74) is 0.193. The van der Waals surface area contributed by atoms with Gasteiger partial charge < -0.3 is 0 Å². The van der Waals surface area contributed by atoms with Crippen LogP contribution in [0.3, 0.4) is 0 Å². The van der Waals surface area contributed by atoms with E-state index in [4.69, 9.17) is 5.26 Å². The molecule has 1 N–H and O–H groups in total. The molecule has 0 aliphatic rings. The van der Waals surface area contributed by atoms with Gasteiger partial charge in [-0.25, -0.2) is 13.4 Å². The van der Waals surface area contributed by atoms with E-state index in [1.807, 2.05) is 13.0 Å². The second-order valence-electron chi connectivity index (χ2n) is 3.69. The summed E-state index contributed by atoms with van der Waals surface area (Å²) in [7, 11) is -3.68. The number of aromatic nitrogens is 1. The zero-order chi connectivity index (χ0) is 13.9. The highest BCUT2D eigenvalue weighted by Crippen LogP contribution is 2.24. The van der Waals surface area contributed by atoms with Gasteiger partial charge in [0.1, 0.15) is 10.3 Å². The second kappa shape index (κ2) is 5.38. The minimum atomic E-state index is -3.68. The number of pyridine rings is 1. The van der Waals surface area contributed by atoms with Crippen molar-refractivity contribution >= 4 is 27.2 Å². The molecule has 0 bridgehead atoms. The summed E-state index contributed by atoms with van der Waals surface area (Å²) in [5.74, 6) is 0.0523. The Kier molecular flexibility index (Phi) is 3.83. The van der Waals surface area contributed by atoms with Gasteiger partial charge in [-0.05, 0) is 30.7 Å². The number of hydrogen-bond acceptors (Lipinski definition) is 5. The maximum absolute atomic E-state index is 12.1. The predicted octanol–water partition coefficient (Wildman–Crippen LogP) is 2.38. The number of thiophene rings is 1. The number of hydrogen-bond donors (Lipinski definition) is 1. The first-order valence-corrected chi connectivity index (χ1v) is 7.83. The maximum atomic E-state index is 12.1. The molecule has 0 aromatic carbocycles. The van der Waals surface area contributed by atoms with Gasteiger partial charge in [-0.15, -0.1) is 11.3 Å². The topological polar surface area (TPSA) is 82.8 Å². The zero-order valence-electron chi connectivity index (χ0n) is 10.1. The standard InChI is InChI=1S/C12H11N3O2S2/c1-2-10-5-6-11(18-10)19(16,17)15-12-9(8-13)4-3-7-14-12/h3-7H,2H2,1H3,(H,14,15). The van der Waals surface area contributed by atoms with Gasteiger partial charge in [0.15, 0.2) is 5.82 Å². The molecule has 5 nitrogen and oxygen atoms in total. The smallest absolute Gasteiger partial charge is 0.262 e. The van der Waals surface area contributed by atoms with Crippen LogP contribution in [0.1, 0.15) is 17.4 Å². The van der Waals surface area contributed by atoms with Crippen molar-refractivity contribution in [1.29, 1.82) is 5.26 Å². The third-order valence-electron chi connectivity index (χ3n) is 2.41. The number of nitrogens with zero attached hydrogens (tertiary/aromatic N) is 2. The Hall–Kier alpha value is -1.91. The molecule has 19 heavy (non-hydrogen) atoms. The first-order valence-electron chi connectivity index (χ1n) is 5.53. The van der Waals surface area contributed by atoms with Gasteiger partial charge >= 0.3 is 0 Å². The first kappa shape index (κ1) is 13.5. The molecular formula is C12H11N3O2S2. The highest BCUT2D eigenvalue weighted by Gasteiger charge is 2.18. The normalized spacial score (nSPS) is 10.9. The zero-order valence-corrected chi connectivity index (χ0v) is 11.8. The van der Waals surface area contributed by atoms with Gasteiger partial charge in [-0.2, -0.15) is 5.26 Å². The minimum absolute atomic E-state index is 0.0523. The summed E-state index contributed by atoms with van der Waals surface area (Å²) in [6, 6.07) is 8.33. The van der Waals surface area contributed by atoms with Crippen molar-refractivity contribution in [1.82, 2.24) is 4.98 Å². The van der Waals surface area contributed by atoms with Crippen LogP contribution in [0.2, 0.25) is 0 Å². The predicted molar refractivity (Wildman–Crippen MR) is 73.5 cm³/mol. The van der Waals surface area contributed by atoms with Crippen LogP contribution in [-0.2, 0) is 16.4 Å². The van der Waals surface area contributed by atoms with E-state index in [1.54, 1.807) is 18.2 Å². The summed E-state index contributed by atoms with van der Waals surface area (Å²) in [6.45, 7) is 1.96. The Bertz CT molecular complexity index is 729. The van der Waals surface area contributed by atoms with Crippen molar-refractivity contribution in [3.63, 3.8) is 0 Å². The number of anilines is 1. The fraction of sp³-hybridized carbons (Fsp3) is 0.167. The van der Waals surface area contributed by atoms with Crippen LogP contribution in [0.5, 0.6) is 0 Å². The average molecular weight is 293 g/mol. The summed E-state index contributed by atoms with van der Waals surface area (Å²) >= 11 is 1.21. The van der Waals surface area contributed by atoms with Crippen molar-refractivity contribution in [3.05, 3.63) is 40.9 Å². The average Bonchev–Trinajstić information content (AvgIpc) is 2.88. The van der Waals surface area contributed by atoms with Crippen molar-refractivity contribution < 1.29 is 8.42 Å². The van der Waals surface area contributed by atoms with Gasteiger partial charge in [0.25, 0.3) is 10.0 Å². The van der Waals surface area contributed by atoms with Crippen LogP contribution in [0, 0.1) is 11.3 Å². The van der Waals surface area contributed by atoms with Crippen LogP contribution in [-0.4, -0.2) is 13.4 Å². The SMILES string of the molecule is CCc1ccc(S(=O)(=O)Nc2ncccc2C#N)s1. The molecule has 0 unspecified atom stereocenters. The lowest BCUT2D eigenvalue weighted by Crippen LogP contribution is -2.13. The number of aryl methyl sites for hydroxylation is 1. The number of nitriles is 1. The summed E-state index contributed by atoms with van der Waals surface area (Å²) in [5, 5.41) is 8.91. The molecule has 0 radical (unpaired) electrons. The van der Waals surface area contributed by atoms with Crippen LogP contribution >= 0.6 is 11.3 Å². The van der Waals surface area contributed by atoms with E-state index in [0.29, 0.717) is 0 Å². The molecule has 0 aliphatic heterocycles. The number of nitrogens with one attached hydrogen (secondary N) is 1. The molecule has 2 heterocycles. The Balaban J connectivity index is 2.34. The highest BCUT2D eigenvalue weighted by atomic mass is 32.2. The number of sulfonamides is 1. The van der Waals surface area contributed by atoms with E-state index >= 15 is 0 Å². The maximum Gasteiger partial charge on any atom is 0.272 e. The van der Waals surface area contributed by atoms with Crippen molar-refractivity contribution in [2.75, 3.05) is 4.72 Å². The van der Waals surface area contributed by atoms with E-state index in [0.717, 1.165) is 11.3 Å². The molecule has 98 valence electrons. The molecule has 0 atom stereocenters. The van der Waals surface area contributed by atoms with Crippen LogP contribution in [0.25, 0.3) is 0 Å². The monoisotopic (exact) mass is 293 g/mol. The largest absolute Gasteiger partial charge is 0.272 e. The first-order chi connectivity index (χ1) is 9.06. The molecule has 2 aromatic rings. The van der Waals surface area contributed by atoms with Gasteiger partial charge in [-0.1, -0.05) is 6.92 Å². The van der Waals surface area contributed by atoms with E-state index < -0.39 is 10.0 Å². The van der Waals surface area contributed by atoms with E-state index in [-0.39, 0.29) is 15.6 Å². The van der Waals surface area contributed by atoms with Crippen LogP contribution in [0.15, 0.2) is 34.7 Å². The lowest BCUT2D eigenvalue weighted by molar-refractivity contribution is 0.603. The fourth-order valence-corrected chi connectivity index (χ4v) is 3.77. The molecule has 0 saturated heterocycles. The highest BCUT2D eigenvalue weighted by molar-refractivity contribution is 7.94. The minimum Gasteiger partial charge on any atom is -0.262 e. The molecule has 0 amide bonds. The van der Waals surface area contributed by atoms with Gasteiger partial charge in [0.05, 0.1) is 5.56 Å². The molecule has 0 spiro atoms. The number of rotatable bonds is 4. The molecule has 2 rings (SSSR count). The van der Waals surface area contributed by atoms with Crippen molar-refractivity contribution in [3.8, 4) is 6.07 Å². The van der Waals surface area contributed by atoms with Crippen molar-refractivity contribution in [2.24, 2.45) is 0 Å². The summed E-state index contributed by atoms with van der Waals surface area (Å²) in [4.78, 5) is 4.87. The quantitative estimate of drug-likeness (QED) is 0.938. The Labute approximate surface area is 115 Å². The Morgan fingerprint density at radius 3 is 2.84 bits per heavy atom. The van der Waals surface area contributed by atoms with E-state index in [9.17, 15) is 8.42 Å². The molecule has 0 aliphatic carbocycles. The molecule has 0 fully saturated rings. The third-order valence-corrected chi connectivity index (χ3v) is 5.47. The van der Waals surface area contributed by atoms with Gasteiger partial charge in [0, 0.05) is 11.1 Å². The van der Waals surface area contributed by atoms with Crippen LogP contribution in [0.4, 0.5) is 5.82 Å². The Morgan fingerprint density at radius 1 is 1.42 bits per heavy atom.